The second kappa shape index (κ2) is 5.57. The van der Waals surface area contributed by atoms with Crippen molar-refractivity contribution in [1.82, 2.24) is 0 Å². The van der Waals surface area contributed by atoms with Crippen molar-refractivity contribution in [3.63, 3.8) is 0 Å². The van der Waals surface area contributed by atoms with Crippen LogP contribution in [0.15, 0.2) is 24.3 Å². The lowest BCUT2D eigenvalue weighted by Gasteiger charge is -2.01. The third-order valence-electron chi connectivity index (χ3n) is 2.31. The molecule has 0 spiro atoms. The molecule has 1 heterocycles. The van der Waals surface area contributed by atoms with Crippen molar-refractivity contribution in [1.29, 1.82) is 0 Å². The molecule has 0 aliphatic carbocycles. The standard InChI is InChI=1S/C12H6Cl3FOS/c13-8-3-6(1-2-9(8)16)4-10(17)7-5-11(14)18-12(7)15/h1-3,5H,4H2. The van der Waals surface area contributed by atoms with Crippen molar-refractivity contribution in [3.05, 3.63) is 54.9 Å². The van der Waals surface area contributed by atoms with E-state index in [4.69, 9.17) is 34.8 Å². The van der Waals surface area contributed by atoms with Crippen LogP contribution in [0.2, 0.25) is 13.7 Å². The van der Waals surface area contributed by atoms with Crippen molar-refractivity contribution in [2.24, 2.45) is 0 Å². The van der Waals surface area contributed by atoms with E-state index in [0.29, 0.717) is 19.8 Å². The molecule has 0 radical (unpaired) electrons. The molecule has 0 aliphatic rings. The predicted octanol–water partition coefficient (Wildman–Crippen LogP) is 5.27. The summed E-state index contributed by atoms with van der Waals surface area (Å²) in [5.74, 6) is -0.685. The second-order valence-electron chi connectivity index (χ2n) is 3.59. The van der Waals surface area contributed by atoms with Gasteiger partial charge in [0.25, 0.3) is 0 Å². The number of hydrogen-bond donors (Lipinski definition) is 0. The fourth-order valence-electron chi connectivity index (χ4n) is 1.46. The number of halogens is 4. The van der Waals surface area contributed by atoms with Crippen molar-refractivity contribution >= 4 is 51.9 Å². The van der Waals surface area contributed by atoms with E-state index in [2.05, 4.69) is 0 Å². The van der Waals surface area contributed by atoms with Gasteiger partial charge in [0.05, 0.1) is 9.36 Å². The molecule has 0 saturated heterocycles. The molecule has 2 aromatic rings. The van der Waals surface area contributed by atoms with Gasteiger partial charge in [-0.05, 0) is 23.8 Å². The van der Waals surface area contributed by atoms with Gasteiger partial charge in [-0.3, -0.25) is 4.79 Å². The normalized spacial score (nSPS) is 10.7. The van der Waals surface area contributed by atoms with Gasteiger partial charge in [-0.15, -0.1) is 11.3 Å². The summed E-state index contributed by atoms with van der Waals surface area (Å²) >= 11 is 18.4. The average Bonchev–Trinajstić information content (AvgIpc) is 2.63. The van der Waals surface area contributed by atoms with Crippen molar-refractivity contribution in [2.45, 2.75) is 6.42 Å². The summed E-state index contributed by atoms with van der Waals surface area (Å²) in [4.78, 5) is 12.0. The molecule has 94 valence electrons. The monoisotopic (exact) mass is 322 g/mol. The van der Waals surface area contributed by atoms with Gasteiger partial charge in [-0.25, -0.2) is 4.39 Å². The van der Waals surface area contributed by atoms with Crippen LogP contribution in [0, 0.1) is 5.82 Å². The van der Waals surface area contributed by atoms with Crippen LogP contribution in [0.25, 0.3) is 0 Å². The molecule has 0 atom stereocenters. The van der Waals surface area contributed by atoms with E-state index < -0.39 is 5.82 Å². The zero-order valence-corrected chi connectivity index (χ0v) is 11.9. The molecular weight excluding hydrogens is 318 g/mol. The maximum atomic E-state index is 13.0. The molecular formula is C12H6Cl3FOS. The highest BCUT2D eigenvalue weighted by Gasteiger charge is 2.15. The molecule has 0 saturated carbocycles. The Bertz CT molecular complexity index is 609. The molecule has 1 nitrogen and oxygen atoms in total. The first-order valence-electron chi connectivity index (χ1n) is 4.89. The number of ketones is 1. The van der Waals surface area contributed by atoms with E-state index in [9.17, 15) is 9.18 Å². The van der Waals surface area contributed by atoms with E-state index in [1.807, 2.05) is 0 Å². The Balaban J connectivity index is 2.21. The molecule has 2 rings (SSSR count). The molecule has 18 heavy (non-hydrogen) atoms. The highest BCUT2D eigenvalue weighted by Crippen LogP contribution is 2.32. The molecule has 1 aromatic heterocycles. The summed E-state index contributed by atoms with van der Waals surface area (Å²) < 4.78 is 13.8. The van der Waals surface area contributed by atoms with Crippen molar-refractivity contribution in [2.75, 3.05) is 0 Å². The van der Waals surface area contributed by atoms with Gasteiger partial charge in [0.15, 0.2) is 5.78 Å². The van der Waals surface area contributed by atoms with E-state index in [1.54, 1.807) is 0 Å². The smallest absolute Gasteiger partial charge is 0.169 e. The zero-order valence-electron chi connectivity index (χ0n) is 8.84. The summed E-state index contributed by atoms with van der Waals surface area (Å²) in [5, 5.41) is -0.00486. The van der Waals surface area contributed by atoms with Gasteiger partial charge >= 0.3 is 0 Å². The van der Waals surface area contributed by atoms with Crippen LogP contribution < -0.4 is 0 Å². The fourth-order valence-corrected chi connectivity index (χ4v) is 3.16. The van der Waals surface area contributed by atoms with Gasteiger partial charge in [0, 0.05) is 12.0 Å². The number of Topliss-reactive ketones (excluding diaryl/α,β-unsaturated/α-hetero) is 1. The molecule has 6 heteroatoms. The molecule has 0 unspecified atom stereocenters. The first-order chi connectivity index (χ1) is 8.47. The summed E-state index contributed by atoms with van der Waals surface area (Å²) in [5.41, 5.74) is 1.01. The van der Waals surface area contributed by atoms with E-state index in [1.165, 1.54) is 24.3 Å². The first-order valence-corrected chi connectivity index (χ1v) is 6.84. The van der Waals surface area contributed by atoms with Gasteiger partial charge < -0.3 is 0 Å². The van der Waals surface area contributed by atoms with Crippen LogP contribution in [-0.2, 0) is 6.42 Å². The van der Waals surface area contributed by atoms with Gasteiger partial charge in [-0.2, -0.15) is 0 Å². The summed E-state index contributed by atoms with van der Waals surface area (Å²) in [6.07, 6.45) is 0.104. The maximum absolute atomic E-state index is 13.0. The minimum Gasteiger partial charge on any atom is -0.294 e. The summed E-state index contributed by atoms with van der Waals surface area (Å²) in [6, 6.07) is 5.70. The lowest BCUT2D eigenvalue weighted by atomic mass is 10.1. The SMILES string of the molecule is O=C(Cc1ccc(F)c(Cl)c1)c1cc(Cl)sc1Cl. The molecule has 0 N–H and O–H groups in total. The summed E-state index contributed by atoms with van der Waals surface area (Å²) in [7, 11) is 0. The van der Waals surface area contributed by atoms with Crippen LogP contribution >= 0.6 is 46.1 Å². The Hall–Kier alpha value is -0.610. The van der Waals surface area contributed by atoms with Crippen LogP contribution in [0.1, 0.15) is 15.9 Å². The number of hydrogen-bond acceptors (Lipinski definition) is 2. The van der Waals surface area contributed by atoms with Crippen molar-refractivity contribution in [3.8, 4) is 0 Å². The highest BCUT2D eigenvalue weighted by molar-refractivity contribution is 7.20. The van der Waals surface area contributed by atoms with Crippen molar-refractivity contribution < 1.29 is 9.18 Å². The lowest BCUT2D eigenvalue weighted by Crippen LogP contribution is -2.02. The topological polar surface area (TPSA) is 17.1 Å². The largest absolute Gasteiger partial charge is 0.294 e. The molecule has 0 bridgehead atoms. The van der Waals surface area contributed by atoms with Gasteiger partial charge in [0.1, 0.15) is 10.2 Å². The minimum atomic E-state index is -0.510. The van der Waals surface area contributed by atoms with Crippen LogP contribution in [0.3, 0.4) is 0 Å². The molecule has 0 fully saturated rings. The number of thiophene rings is 1. The third kappa shape index (κ3) is 3.04. The average molecular weight is 324 g/mol. The Morgan fingerprint density at radius 1 is 1.22 bits per heavy atom. The minimum absolute atomic E-state index is 0.00486. The van der Waals surface area contributed by atoms with E-state index >= 15 is 0 Å². The number of rotatable bonds is 3. The van der Waals surface area contributed by atoms with Crippen LogP contribution in [-0.4, -0.2) is 5.78 Å². The highest BCUT2D eigenvalue weighted by atomic mass is 35.5. The Morgan fingerprint density at radius 3 is 2.50 bits per heavy atom. The van der Waals surface area contributed by atoms with Crippen LogP contribution in [0.5, 0.6) is 0 Å². The maximum Gasteiger partial charge on any atom is 0.169 e. The molecule has 0 amide bonds. The fraction of sp³-hybridized carbons (Fsp3) is 0.0833. The quantitative estimate of drug-likeness (QED) is 0.703. The number of benzene rings is 1. The third-order valence-corrected chi connectivity index (χ3v) is 4.08. The molecule has 0 aliphatic heterocycles. The first kappa shape index (κ1) is 13.8. The number of carbonyl (C=O) groups excluding carboxylic acids is 1. The lowest BCUT2D eigenvalue weighted by molar-refractivity contribution is 0.0993. The van der Waals surface area contributed by atoms with E-state index in [0.717, 1.165) is 11.3 Å². The predicted molar refractivity (Wildman–Crippen MR) is 73.8 cm³/mol. The molecule has 1 aromatic carbocycles. The second-order valence-corrected chi connectivity index (χ2v) is 6.28. The Labute approximate surface area is 122 Å². The van der Waals surface area contributed by atoms with E-state index in [-0.39, 0.29) is 17.2 Å². The Morgan fingerprint density at radius 2 is 1.94 bits per heavy atom. The number of carbonyl (C=O) groups is 1. The van der Waals surface area contributed by atoms with Gasteiger partial charge in [0.2, 0.25) is 0 Å². The van der Waals surface area contributed by atoms with Crippen LogP contribution in [0.4, 0.5) is 4.39 Å². The zero-order chi connectivity index (χ0) is 13.3. The van der Waals surface area contributed by atoms with Gasteiger partial charge in [-0.1, -0.05) is 40.9 Å². The Kier molecular flexibility index (Phi) is 4.28. The summed E-state index contributed by atoms with van der Waals surface area (Å²) in [6.45, 7) is 0.